The zero-order chi connectivity index (χ0) is 16.4. The van der Waals surface area contributed by atoms with Gasteiger partial charge in [0.05, 0.1) is 12.1 Å². The van der Waals surface area contributed by atoms with Crippen LogP contribution in [0, 0.1) is 33.5 Å². The molecule has 4 rings (SSSR count). The smallest absolute Gasteiger partial charge is 0.155 e. The number of allylic oxidation sites excluding steroid dienone is 1. The standard InChI is InChI=1S/C19H27NO3/c1-18-8-7-12(21)9-11(18)3-4-13-14-5-6-16(20-23)19(14,2)10-15(22)17(13)18/h9,13-17,22H,3-8,10H2,1-2H3/t13-,14-,15-,16?,17+,18-,19-/m0/s1. The third-order valence-corrected chi connectivity index (χ3v) is 7.97. The van der Waals surface area contributed by atoms with E-state index in [1.54, 1.807) is 0 Å². The van der Waals surface area contributed by atoms with Crippen molar-refractivity contribution in [2.75, 3.05) is 0 Å². The molecule has 126 valence electrons. The molecule has 0 spiro atoms. The van der Waals surface area contributed by atoms with Crippen molar-refractivity contribution in [3.05, 3.63) is 16.6 Å². The van der Waals surface area contributed by atoms with Gasteiger partial charge in [-0.2, -0.15) is 4.91 Å². The molecule has 0 saturated heterocycles. The molecule has 4 aliphatic rings. The van der Waals surface area contributed by atoms with Crippen molar-refractivity contribution in [3.8, 4) is 0 Å². The second-order valence-electron chi connectivity index (χ2n) is 8.86. The highest BCUT2D eigenvalue weighted by Gasteiger charge is 2.62. The Labute approximate surface area is 137 Å². The van der Waals surface area contributed by atoms with Gasteiger partial charge >= 0.3 is 0 Å². The van der Waals surface area contributed by atoms with Gasteiger partial charge < -0.3 is 5.11 Å². The number of carbonyl (C=O) groups excluding carboxylic acids is 1. The Hall–Kier alpha value is -1.03. The van der Waals surface area contributed by atoms with Crippen LogP contribution in [-0.2, 0) is 4.79 Å². The summed E-state index contributed by atoms with van der Waals surface area (Å²) < 4.78 is 0. The molecule has 1 unspecified atom stereocenters. The summed E-state index contributed by atoms with van der Waals surface area (Å²) in [5.74, 6) is 1.44. The number of carbonyl (C=O) groups is 1. The van der Waals surface area contributed by atoms with Crippen LogP contribution in [0.4, 0.5) is 0 Å². The molecule has 0 aromatic rings. The van der Waals surface area contributed by atoms with Gasteiger partial charge in [-0.25, -0.2) is 0 Å². The minimum Gasteiger partial charge on any atom is -0.393 e. The summed E-state index contributed by atoms with van der Waals surface area (Å²) >= 11 is 0. The van der Waals surface area contributed by atoms with Crippen LogP contribution in [0.3, 0.4) is 0 Å². The molecule has 1 N–H and O–H groups in total. The van der Waals surface area contributed by atoms with E-state index < -0.39 is 0 Å². The van der Waals surface area contributed by atoms with E-state index in [9.17, 15) is 14.8 Å². The average molecular weight is 317 g/mol. The van der Waals surface area contributed by atoms with E-state index in [0.29, 0.717) is 24.7 Å². The van der Waals surface area contributed by atoms with Crippen molar-refractivity contribution < 1.29 is 9.90 Å². The summed E-state index contributed by atoms with van der Waals surface area (Å²) in [5.41, 5.74) is 1.09. The molecule has 4 heteroatoms. The number of hydrogen-bond donors (Lipinski definition) is 1. The van der Waals surface area contributed by atoms with Crippen molar-refractivity contribution in [1.29, 1.82) is 0 Å². The molecule has 0 radical (unpaired) electrons. The molecule has 0 amide bonds. The number of nitroso groups, excluding NO2 is 1. The van der Waals surface area contributed by atoms with Gasteiger partial charge in [-0.3, -0.25) is 4.79 Å². The van der Waals surface area contributed by atoms with Crippen LogP contribution < -0.4 is 0 Å². The lowest BCUT2D eigenvalue weighted by Gasteiger charge is -2.59. The molecule has 7 atom stereocenters. The van der Waals surface area contributed by atoms with Crippen molar-refractivity contribution in [2.24, 2.45) is 33.8 Å². The quantitative estimate of drug-likeness (QED) is 0.751. The maximum absolute atomic E-state index is 11.8. The monoisotopic (exact) mass is 317 g/mol. The van der Waals surface area contributed by atoms with Gasteiger partial charge in [0.1, 0.15) is 0 Å². The van der Waals surface area contributed by atoms with Crippen LogP contribution in [0.1, 0.15) is 58.8 Å². The third kappa shape index (κ3) is 1.97. The molecule has 0 aromatic heterocycles. The van der Waals surface area contributed by atoms with Gasteiger partial charge in [0.25, 0.3) is 0 Å². The van der Waals surface area contributed by atoms with E-state index in [2.05, 4.69) is 19.0 Å². The first kappa shape index (κ1) is 15.5. The van der Waals surface area contributed by atoms with Crippen molar-refractivity contribution in [3.63, 3.8) is 0 Å². The molecule has 4 nitrogen and oxygen atoms in total. The second kappa shape index (κ2) is 4.98. The van der Waals surface area contributed by atoms with E-state index in [4.69, 9.17) is 0 Å². The highest BCUT2D eigenvalue weighted by Crippen LogP contribution is 2.65. The first-order valence-corrected chi connectivity index (χ1v) is 9.14. The Morgan fingerprint density at radius 2 is 2.00 bits per heavy atom. The second-order valence-corrected chi connectivity index (χ2v) is 8.86. The lowest BCUT2D eigenvalue weighted by Crippen LogP contribution is -2.57. The fourth-order valence-electron chi connectivity index (χ4n) is 6.83. The van der Waals surface area contributed by atoms with Gasteiger partial charge in [0.15, 0.2) is 5.78 Å². The third-order valence-electron chi connectivity index (χ3n) is 7.97. The fourth-order valence-corrected chi connectivity index (χ4v) is 6.83. The summed E-state index contributed by atoms with van der Waals surface area (Å²) in [4.78, 5) is 23.1. The molecule has 3 saturated carbocycles. The zero-order valence-electron chi connectivity index (χ0n) is 14.1. The van der Waals surface area contributed by atoms with E-state index in [0.717, 1.165) is 32.1 Å². The molecule has 4 aliphatic carbocycles. The Kier molecular flexibility index (Phi) is 3.36. The summed E-state index contributed by atoms with van der Waals surface area (Å²) in [6.45, 7) is 4.44. The molecule has 23 heavy (non-hydrogen) atoms. The fraction of sp³-hybridized carbons (Fsp3) is 0.842. The number of aliphatic hydroxyl groups is 1. The number of ketones is 1. The maximum atomic E-state index is 11.8. The number of rotatable bonds is 1. The number of hydrogen-bond acceptors (Lipinski definition) is 4. The minimum absolute atomic E-state index is 0.0374. The number of aliphatic hydroxyl groups excluding tert-OH is 1. The molecular formula is C19H27NO3. The minimum atomic E-state index is -0.384. The van der Waals surface area contributed by atoms with Crippen molar-refractivity contribution in [2.45, 2.75) is 70.9 Å². The summed E-state index contributed by atoms with van der Waals surface area (Å²) in [5, 5.41) is 14.5. The van der Waals surface area contributed by atoms with Crippen LogP contribution in [0.25, 0.3) is 0 Å². The first-order chi connectivity index (χ1) is 10.9. The SMILES string of the molecule is C[C@]12CCC(=O)C=C1CC[C@@H]1[C@@H]2[C@@H](O)C[C@]2(C)C(N=O)CC[C@@H]12. The predicted octanol–water partition coefficient (Wildman–Crippen LogP) is 3.62. The molecular weight excluding hydrogens is 290 g/mol. The van der Waals surface area contributed by atoms with Gasteiger partial charge in [-0.1, -0.05) is 24.6 Å². The Morgan fingerprint density at radius 3 is 2.74 bits per heavy atom. The van der Waals surface area contributed by atoms with Crippen LogP contribution in [-0.4, -0.2) is 23.0 Å². The van der Waals surface area contributed by atoms with Crippen LogP contribution in [0.15, 0.2) is 16.8 Å². The zero-order valence-corrected chi connectivity index (χ0v) is 14.1. The van der Waals surface area contributed by atoms with E-state index in [-0.39, 0.29) is 34.7 Å². The van der Waals surface area contributed by atoms with Gasteiger partial charge in [-0.05, 0) is 73.2 Å². The van der Waals surface area contributed by atoms with E-state index in [1.807, 2.05) is 6.08 Å². The van der Waals surface area contributed by atoms with Gasteiger partial charge in [-0.15, -0.1) is 0 Å². The first-order valence-electron chi connectivity index (χ1n) is 9.14. The van der Waals surface area contributed by atoms with Crippen LogP contribution in [0.2, 0.25) is 0 Å². The van der Waals surface area contributed by atoms with Crippen molar-refractivity contribution in [1.82, 2.24) is 0 Å². The average Bonchev–Trinajstić information content (AvgIpc) is 2.83. The van der Waals surface area contributed by atoms with Crippen molar-refractivity contribution >= 4 is 5.78 Å². The predicted molar refractivity (Wildman–Crippen MR) is 87.7 cm³/mol. The van der Waals surface area contributed by atoms with E-state index >= 15 is 0 Å². The highest BCUT2D eigenvalue weighted by atomic mass is 16.3. The largest absolute Gasteiger partial charge is 0.393 e. The van der Waals surface area contributed by atoms with Crippen LogP contribution in [0.5, 0.6) is 0 Å². The maximum Gasteiger partial charge on any atom is 0.155 e. The summed E-state index contributed by atoms with van der Waals surface area (Å²) in [6.07, 6.45) is 7.60. The number of fused-ring (bicyclic) bond motifs is 5. The summed E-state index contributed by atoms with van der Waals surface area (Å²) in [7, 11) is 0. The lowest BCUT2D eigenvalue weighted by atomic mass is 9.46. The molecule has 0 bridgehead atoms. The van der Waals surface area contributed by atoms with Gasteiger partial charge in [0, 0.05) is 6.42 Å². The molecule has 0 aliphatic heterocycles. The molecule has 3 fully saturated rings. The van der Waals surface area contributed by atoms with Gasteiger partial charge in [0.2, 0.25) is 0 Å². The van der Waals surface area contributed by atoms with E-state index in [1.165, 1.54) is 5.57 Å². The molecule has 0 heterocycles. The molecule has 0 aromatic carbocycles. The Balaban J connectivity index is 1.73. The summed E-state index contributed by atoms with van der Waals surface area (Å²) in [6, 6.07) is -0.138. The van der Waals surface area contributed by atoms with Crippen LogP contribution >= 0.6 is 0 Å². The highest BCUT2D eigenvalue weighted by molar-refractivity contribution is 5.91. The topological polar surface area (TPSA) is 66.7 Å². The number of nitrogens with zero attached hydrogens (tertiary/aromatic N) is 1. The Morgan fingerprint density at radius 1 is 1.22 bits per heavy atom. The normalized spacial score (nSPS) is 52.2. The lowest BCUT2D eigenvalue weighted by molar-refractivity contribution is -0.129. The Bertz CT molecular complexity index is 585.